The van der Waals surface area contributed by atoms with Gasteiger partial charge in [-0.15, -0.1) is 16.8 Å². The van der Waals surface area contributed by atoms with Gasteiger partial charge in [0, 0.05) is 24.6 Å². The summed E-state index contributed by atoms with van der Waals surface area (Å²) >= 11 is 1.47. The molecule has 0 unspecified atom stereocenters. The Hall–Kier alpha value is -3.59. The number of para-hydroxylation sites is 2. The summed E-state index contributed by atoms with van der Waals surface area (Å²) in [6.07, 6.45) is 3.20. The molecule has 0 radical (unpaired) electrons. The second-order valence-electron chi connectivity index (χ2n) is 7.41. The highest BCUT2D eigenvalue weighted by Gasteiger charge is 2.28. The molecule has 0 bridgehead atoms. The van der Waals surface area contributed by atoms with Gasteiger partial charge >= 0.3 is 0 Å². The number of pyridine rings is 1. The van der Waals surface area contributed by atoms with Crippen molar-refractivity contribution in [3.8, 4) is 11.5 Å². The third-order valence-corrected chi connectivity index (χ3v) is 6.06. The largest absolute Gasteiger partial charge is 0.485 e. The number of benzene rings is 1. The molecule has 1 aliphatic heterocycles. The molecule has 9 heteroatoms. The molecule has 4 aromatic rings. The van der Waals surface area contributed by atoms with Crippen LogP contribution in [0, 0.1) is 6.92 Å². The molecule has 1 aromatic carbocycles. The van der Waals surface area contributed by atoms with Gasteiger partial charge in [0.05, 0.1) is 5.69 Å². The van der Waals surface area contributed by atoms with E-state index in [1.807, 2.05) is 47.9 Å². The molecule has 0 aliphatic carbocycles. The third kappa shape index (κ3) is 3.87. The Morgan fingerprint density at radius 3 is 2.91 bits per heavy atom. The Labute approximate surface area is 188 Å². The zero-order chi connectivity index (χ0) is 22.1. The Morgan fingerprint density at radius 2 is 2.06 bits per heavy atom. The van der Waals surface area contributed by atoms with Gasteiger partial charge in [-0.05, 0) is 30.7 Å². The maximum atomic E-state index is 12.5. The van der Waals surface area contributed by atoms with Crippen molar-refractivity contribution < 1.29 is 9.47 Å². The van der Waals surface area contributed by atoms with E-state index >= 15 is 0 Å². The van der Waals surface area contributed by atoms with Crippen molar-refractivity contribution in [3.63, 3.8) is 0 Å². The molecule has 0 saturated heterocycles. The number of allylic oxidation sites excluding steroid dienone is 1. The number of rotatable bonds is 6. The van der Waals surface area contributed by atoms with Crippen LogP contribution in [0.4, 0.5) is 0 Å². The molecule has 1 atom stereocenters. The number of thioether (sulfide) groups is 1. The van der Waals surface area contributed by atoms with Crippen LogP contribution in [0.2, 0.25) is 0 Å². The molecule has 0 saturated carbocycles. The van der Waals surface area contributed by atoms with E-state index in [1.165, 1.54) is 11.8 Å². The van der Waals surface area contributed by atoms with E-state index in [0.717, 1.165) is 11.3 Å². The van der Waals surface area contributed by atoms with Gasteiger partial charge in [-0.3, -0.25) is 13.8 Å². The molecular weight excluding hydrogens is 426 g/mol. The normalized spacial score (nSPS) is 15.1. The SMILES string of the molecule is C=CCn1c(SCc2cc(=O)n3cc(C)ccc3n2)nnc1[C@H]1COc2ccccc2O1. The molecule has 0 fully saturated rings. The smallest absolute Gasteiger partial charge is 0.258 e. The van der Waals surface area contributed by atoms with E-state index in [4.69, 9.17) is 9.47 Å². The maximum absolute atomic E-state index is 12.5. The molecule has 1 aliphatic rings. The highest BCUT2D eigenvalue weighted by molar-refractivity contribution is 7.98. The van der Waals surface area contributed by atoms with Crippen LogP contribution >= 0.6 is 11.8 Å². The topological polar surface area (TPSA) is 83.5 Å². The minimum atomic E-state index is -0.377. The highest BCUT2D eigenvalue weighted by atomic mass is 32.2. The first kappa shape index (κ1) is 20.3. The summed E-state index contributed by atoms with van der Waals surface area (Å²) in [4.78, 5) is 17.1. The van der Waals surface area contributed by atoms with Crippen LogP contribution in [0.1, 0.15) is 23.2 Å². The number of nitrogens with zero attached hydrogens (tertiary/aromatic N) is 5. The van der Waals surface area contributed by atoms with E-state index in [2.05, 4.69) is 21.8 Å². The lowest BCUT2D eigenvalue weighted by Gasteiger charge is -2.26. The maximum Gasteiger partial charge on any atom is 0.258 e. The van der Waals surface area contributed by atoms with Crippen molar-refractivity contribution in [3.05, 3.63) is 88.8 Å². The fourth-order valence-corrected chi connectivity index (χ4v) is 4.41. The summed E-state index contributed by atoms with van der Waals surface area (Å²) in [5.41, 5.74) is 2.21. The van der Waals surface area contributed by atoms with Crippen LogP contribution in [0.15, 0.2) is 71.3 Å². The Bertz CT molecular complexity index is 1360. The molecule has 162 valence electrons. The Kier molecular flexibility index (Phi) is 5.40. The molecule has 4 heterocycles. The average Bonchev–Trinajstić information content (AvgIpc) is 3.20. The summed E-state index contributed by atoms with van der Waals surface area (Å²) < 4.78 is 15.5. The zero-order valence-electron chi connectivity index (χ0n) is 17.5. The average molecular weight is 448 g/mol. The van der Waals surface area contributed by atoms with E-state index in [-0.39, 0.29) is 11.7 Å². The van der Waals surface area contributed by atoms with Crippen LogP contribution in [0.5, 0.6) is 11.5 Å². The first-order valence-corrected chi connectivity index (χ1v) is 11.1. The van der Waals surface area contributed by atoms with Crippen LogP contribution < -0.4 is 15.0 Å². The molecule has 0 amide bonds. The van der Waals surface area contributed by atoms with E-state index in [0.29, 0.717) is 47.0 Å². The first-order chi connectivity index (χ1) is 15.6. The van der Waals surface area contributed by atoms with Gasteiger partial charge in [0.1, 0.15) is 12.3 Å². The standard InChI is InChI=1S/C23H21N5O3S/c1-3-10-27-22(19-13-30-17-6-4-5-7-18(17)31-19)25-26-23(27)32-14-16-11-21(29)28-12-15(2)8-9-20(28)24-16/h3-9,11-12,19H,1,10,13-14H2,2H3/t19-/m1/s1. The van der Waals surface area contributed by atoms with Gasteiger partial charge in [0.15, 0.2) is 28.6 Å². The van der Waals surface area contributed by atoms with Crippen molar-refractivity contribution in [1.29, 1.82) is 0 Å². The summed E-state index contributed by atoms with van der Waals surface area (Å²) in [5, 5.41) is 9.43. The van der Waals surface area contributed by atoms with Crippen LogP contribution in [-0.4, -0.2) is 30.8 Å². The summed E-state index contributed by atoms with van der Waals surface area (Å²) in [6, 6.07) is 12.9. The predicted octanol–water partition coefficient (Wildman–Crippen LogP) is 3.59. The second-order valence-corrected chi connectivity index (χ2v) is 8.36. The quantitative estimate of drug-likeness (QED) is 0.330. The molecular formula is C23H21N5O3S. The van der Waals surface area contributed by atoms with Gasteiger partial charge in [0.25, 0.3) is 5.56 Å². The monoisotopic (exact) mass is 447 g/mol. The fraction of sp³-hybridized carbons (Fsp3) is 0.217. The number of aromatic nitrogens is 5. The zero-order valence-corrected chi connectivity index (χ0v) is 18.3. The van der Waals surface area contributed by atoms with Gasteiger partial charge in [0.2, 0.25) is 0 Å². The lowest BCUT2D eigenvalue weighted by molar-refractivity contribution is 0.0821. The molecule has 8 nitrogen and oxygen atoms in total. The third-order valence-electron chi connectivity index (χ3n) is 5.06. The lowest BCUT2D eigenvalue weighted by Crippen LogP contribution is -2.25. The lowest BCUT2D eigenvalue weighted by atomic mass is 10.2. The van der Waals surface area contributed by atoms with Crippen molar-refractivity contribution in [2.45, 2.75) is 30.5 Å². The van der Waals surface area contributed by atoms with E-state index < -0.39 is 0 Å². The van der Waals surface area contributed by atoms with Crippen molar-refractivity contribution in [2.75, 3.05) is 6.61 Å². The molecule has 0 N–H and O–H groups in total. The summed E-state index contributed by atoms with van der Waals surface area (Å²) in [7, 11) is 0. The minimum Gasteiger partial charge on any atom is -0.485 e. The van der Waals surface area contributed by atoms with Crippen molar-refractivity contribution in [2.24, 2.45) is 0 Å². The number of aryl methyl sites for hydroxylation is 1. The van der Waals surface area contributed by atoms with Gasteiger partial charge < -0.3 is 9.47 Å². The molecule has 32 heavy (non-hydrogen) atoms. The van der Waals surface area contributed by atoms with Crippen LogP contribution in [-0.2, 0) is 12.3 Å². The second kappa shape index (κ2) is 8.51. The number of ether oxygens (including phenoxy) is 2. The van der Waals surface area contributed by atoms with Crippen molar-refractivity contribution >= 4 is 17.4 Å². The molecule has 3 aromatic heterocycles. The summed E-state index contributed by atoms with van der Waals surface area (Å²) in [5.74, 6) is 2.56. The van der Waals surface area contributed by atoms with Crippen LogP contribution in [0.3, 0.4) is 0 Å². The molecule has 5 rings (SSSR count). The Balaban J connectivity index is 1.39. The van der Waals surface area contributed by atoms with Gasteiger partial charge in [-0.1, -0.05) is 36.0 Å². The van der Waals surface area contributed by atoms with E-state index in [1.54, 1.807) is 22.7 Å². The number of hydrogen-bond donors (Lipinski definition) is 0. The Morgan fingerprint density at radius 1 is 1.22 bits per heavy atom. The summed E-state index contributed by atoms with van der Waals surface area (Å²) in [6.45, 7) is 6.67. The first-order valence-electron chi connectivity index (χ1n) is 10.2. The van der Waals surface area contributed by atoms with E-state index in [9.17, 15) is 4.79 Å². The van der Waals surface area contributed by atoms with Gasteiger partial charge in [-0.25, -0.2) is 4.98 Å². The van der Waals surface area contributed by atoms with Gasteiger partial charge in [-0.2, -0.15) is 0 Å². The minimum absolute atomic E-state index is 0.103. The fourth-order valence-electron chi connectivity index (χ4n) is 3.56. The predicted molar refractivity (Wildman–Crippen MR) is 121 cm³/mol. The molecule has 0 spiro atoms. The highest BCUT2D eigenvalue weighted by Crippen LogP contribution is 2.36. The number of hydrogen-bond acceptors (Lipinski definition) is 7. The van der Waals surface area contributed by atoms with Crippen molar-refractivity contribution in [1.82, 2.24) is 24.1 Å². The number of fused-ring (bicyclic) bond motifs is 2. The van der Waals surface area contributed by atoms with Crippen LogP contribution in [0.25, 0.3) is 5.65 Å².